The van der Waals surface area contributed by atoms with Gasteiger partial charge in [0.2, 0.25) is 0 Å². The van der Waals surface area contributed by atoms with Crippen LogP contribution in [-0.4, -0.2) is 15.0 Å². The van der Waals surface area contributed by atoms with Crippen LogP contribution in [0.3, 0.4) is 0 Å². The first-order valence-electron chi connectivity index (χ1n) is 10.2. The third-order valence-electron chi connectivity index (χ3n) is 5.35. The van der Waals surface area contributed by atoms with Gasteiger partial charge in [0.05, 0.1) is 18.3 Å². The molecule has 3 aromatic heterocycles. The predicted molar refractivity (Wildman–Crippen MR) is 118 cm³/mol. The molecule has 1 atom stereocenters. The minimum atomic E-state index is -0.179. The van der Waals surface area contributed by atoms with Gasteiger partial charge in [-0.15, -0.1) is 0 Å². The van der Waals surface area contributed by atoms with E-state index in [2.05, 4.69) is 55.1 Å². The summed E-state index contributed by atoms with van der Waals surface area (Å²) in [5.41, 5.74) is 4.55. The van der Waals surface area contributed by atoms with Gasteiger partial charge in [-0.1, -0.05) is 25.5 Å². The Hall–Kier alpha value is -3.25. The molecule has 1 aromatic carbocycles. The third kappa shape index (κ3) is 4.04. The van der Waals surface area contributed by atoms with Crippen LogP contribution in [0.4, 0.5) is 0 Å². The molecule has 4 aromatic rings. The number of aromatic amines is 1. The highest BCUT2D eigenvalue weighted by Gasteiger charge is 2.20. The molecule has 3 heterocycles. The van der Waals surface area contributed by atoms with Crippen LogP contribution in [0.15, 0.2) is 58.0 Å². The molecule has 6 nitrogen and oxygen atoms in total. The van der Waals surface area contributed by atoms with Gasteiger partial charge in [0.15, 0.2) is 0 Å². The second kappa shape index (κ2) is 8.24. The van der Waals surface area contributed by atoms with Crippen molar-refractivity contribution in [1.82, 2.24) is 20.3 Å². The number of hydrogen-bond donors (Lipinski definition) is 2. The van der Waals surface area contributed by atoms with Gasteiger partial charge in [0.1, 0.15) is 17.2 Å². The van der Waals surface area contributed by atoms with Crippen molar-refractivity contribution in [2.24, 2.45) is 5.92 Å². The Kier molecular flexibility index (Phi) is 5.50. The van der Waals surface area contributed by atoms with Crippen LogP contribution >= 0.6 is 0 Å². The van der Waals surface area contributed by atoms with E-state index in [0.29, 0.717) is 18.1 Å². The summed E-state index contributed by atoms with van der Waals surface area (Å²) >= 11 is 0. The van der Waals surface area contributed by atoms with Crippen LogP contribution < -0.4 is 10.9 Å². The predicted octanol–water partition coefficient (Wildman–Crippen LogP) is 4.68. The van der Waals surface area contributed by atoms with Crippen molar-refractivity contribution < 1.29 is 4.42 Å². The van der Waals surface area contributed by atoms with Crippen LogP contribution in [0.25, 0.3) is 22.4 Å². The number of benzene rings is 1. The maximum absolute atomic E-state index is 12.3. The zero-order chi connectivity index (χ0) is 21.3. The Morgan fingerprint density at radius 3 is 2.73 bits per heavy atom. The molecule has 2 N–H and O–H groups in total. The van der Waals surface area contributed by atoms with Gasteiger partial charge >= 0.3 is 0 Å². The van der Waals surface area contributed by atoms with Gasteiger partial charge in [0, 0.05) is 29.4 Å². The van der Waals surface area contributed by atoms with Crippen molar-refractivity contribution in [1.29, 1.82) is 0 Å². The molecule has 0 bridgehead atoms. The number of rotatable bonds is 6. The molecule has 0 fully saturated rings. The van der Waals surface area contributed by atoms with E-state index in [0.717, 1.165) is 27.9 Å². The molecular formula is C24H26N4O2. The van der Waals surface area contributed by atoms with Crippen molar-refractivity contribution in [2.45, 2.75) is 40.3 Å². The lowest BCUT2D eigenvalue weighted by atomic mass is 10.00. The van der Waals surface area contributed by atoms with E-state index in [9.17, 15) is 4.79 Å². The number of furan rings is 1. The molecule has 0 aliphatic carbocycles. The van der Waals surface area contributed by atoms with Crippen molar-refractivity contribution in [3.05, 3.63) is 81.7 Å². The van der Waals surface area contributed by atoms with E-state index in [4.69, 9.17) is 9.40 Å². The maximum Gasteiger partial charge on any atom is 0.251 e. The molecule has 4 rings (SSSR count). The average molecular weight is 402 g/mol. The number of aromatic nitrogens is 3. The summed E-state index contributed by atoms with van der Waals surface area (Å²) in [6.07, 6.45) is 3.39. The second-order valence-electron chi connectivity index (χ2n) is 8.01. The largest absolute Gasteiger partial charge is 0.459 e. The fourth-order valence-electron chi connectivity index (χ4n) is 3.71. The first kappa shape index (κ1) is 20.0. The first-order chi connectivity index (χ1) is 14.4. The molecule has 0 radical (unpaired) electrons. The van der Waals surface area contributed by atoms with Gasteiger partial charge in [-0.25, -0.2) is 4.98 Å². The van der Waals surface area contributed by atoms with Crippen LogP contribution in [0.5, 0.6) is 0 Å². The van der Waals surface area contributed by atoms with Crippen LogP contribution in [-0.2, 0) is 6.54 Å². The van der Waals surface area contributed by atoms with E-state index in [1.807, 2.05) is 18.2 Å². The summed E-state index contributed by atoms with van der Waals surface area (Å²) in [6, 6.07) is 11.4. The zero-order valence-electron chi connectivity index (χ0n) is 17.7. The summed E-state index contributed by atoms with van der Waals surface area (Å²) in [5.74, 6) is 1.65. The highest BCUT2D eigenvalue weighted by molar-refractivity contribution is 5.82. The number of nitrogens with zero attached hydrogens (tertiary/aromatic N) is 2. The van der Waals surface area contributed by atoms with Gasteiger partial charge < -0.3 is 14.7 Å². The topological polar surface area (TPSA) is 83.8 Å². The average Bonchev–Trinajstić information content (AvgIpc) is 3.03. The third-order valence-corrected chi connectivity index (χ3v) is 5.35. The Morgan fingerprint density at radius 2 is 2.00 bits per heavy atom. The van der Waals surface area contributed by atoms with Gasteiger partial charge in [-0.3, -0.25) is 9.78 Å². The number of H-pyrrole nitrogens is 1. The molecule has 0 saturated carbocycles. The van der Waals surface area contributed by atoms with Crippen molar-refractivity contribution in [3.63, 3.8) is 0 Å². The fraction of sp³-hybridized carbons (Fsp3) is 0.292. The van der Waals surface area contributed by atoms with E-state index in [1.54, 1.807) is 18.5 Å². The quantitative estimate of drug-likeness (QED) is 0.489. The van der Waals surface area contributed by atoms with E-state index >= 15 is 0 Å². The number of aryl methyl sites for hydroxylation is 2. The summed E-state index contributed by atoms with van der Waals surface area (Å²) in [4.78, 5) is 24.0. The summed E-state index contributed by atoms with van der Waals surface area (Å²) < 4.78 is 6.08. The molecule has 1 unspecified atom stereocenters. The highest BCUT2D eigenvalue weighted by atomic mass is 16.3. The minimum Gasteiger partial charge on any atom is -0.459 e. The van der Waals surface area contributed by atoms with E-state index < -0.39 is 0 Å². The lowest BCUT2D eigenvalue weighted by molar-refractivity contribution is 0.381. The molecule has 6 heteroatoms. The number of pyridine rings is 1. The van der Waals surface area contributed by atoms with Gasteiger partial charge in [-0.2, -0.15) is 0 Å². The summed E-state index contributed by atoms with van der Waals surface area (Å²) in [7, 11) is 0. The van der Waals surface area contributed by atoms with E-state index in [1.165, 1.54) is 5.56 Å². The maximum atomic E-state index is 12.3. The van der Waals surface area contributed by atoms with Crippen LogP contribution in [0, 0.1) is 19.8 Å². The Morgan fingerprint density at radius 1 is 1.17 bits per heavy atom. The monoisotopic (exact) mass is 402 g/mol. The lowest BCUT2D eigenvalue weighted by Crippen LogP contribution is -2.28. The second-order valence-corrected chi connectivity index (χ2v) is 8.01. The Labute approximate surface area is 175 Å². The molecule has 0 amide bonds. The highest BCUT2D eigenvalue weighted by Crippen LogP contribution is 2.28. The summed E-state index contributed by atoms with van der Waals surface area (Å²) in [5, 5.41) is 4.69. The molecule has 0 aliphatic rings. The SMILES string of the molecule is Cc1ccc2oc(CNC(c3cc(=O)[nH]c(-c4cccnc4)n3)C(C)C)c(C)c2c1. The fourth-order valence-corrected chi connectivity index (χ4v) is 3.71. The zero-order valence-corrected chi connectivity index (χ0v) is 17.7. The standard InChI is InChI=1S/C24H26N4O2/c1-14(2)23(19-11-22(29)28-24(27-19)17-6-5-9-25-12-17)26-13-21-16(4)18-10-15(3)7-8-20(18)30-21/h5-12,14,23,26H,13H2,1-4H3,(H,27,28,29). The first-order valence-corrected chi connectivity index (χ1v) is 10.2. The molecular weight excluding hydrogens is 376 g/mol. The van der Waals surface area contributed by atoms with Crippen molar-refractivity contribution in [3.8, 4) is 11.4 Å². The molecule has 0 spiro atoms. The van der Waals surface area contributed by atoms with Crippen molar-refractivity contribution in [2.75, 3.05) is 0 Å². The van der Waals surface area contributed by atoms with Gasteiger partial charge in [0.25, 0.3) is 5.56 Å². The van der Waals surface area contributed by atoms with Crippen LogP contribution in [0.1, 0.15) is 42.5 Å². The Bertz CT molecular complexity index is 1230. The number of nitrogens with one attached hydrogen (secondary N) is 2. The van der Waals surface area contributed by atoms with Crippen LogP contribution in [0.2, 0.25) is 0 Å². The van der Waals surface area contributed by atoms with Crippen molar-refractivity contribution >= 4 is 11.0 Å². The molecule has 0 saturated heterocycles. The normalized spacial score (nSPS) is 12.6. The number of hydrogen-bond acceptors (Lipinski definition) is 5. The number of fused-ring (bicyclic) bond motifs is 1. The molecule has 30 heavy (non-hydrogen) atoms. The lowest BCUT2D eigenvalue weighted by Gasteiger charge is -2.22. The minimum absolute atomic E-state index is 0.0999. The van der Waals surface area contributed by atoms with Gasteiger partial charge in [-0.05, 0) is 49.6 Å². The molecule has 0 aliphatic heterocycles. The smallest absolute Gasteiger partial charge is 0.251 e. The summed E-state index contributed by atoms with van der Waals surface area (Å²) in [6.45, 7) is 8.94. The van der Waals surface area contributed by atoms with E-state index in [-0.39, 0.29) is 17.5 Å². The molecule has 154 valence electrons. The Balaban J connectivity index is 1.63.